The van der Waals surface area contributed by atoms with Gasteiger partial charge in [-0.3, -0.25) is 9.69 Å². The summed E-state index contributed by atoms with van der Waals surface area (Å²) in [5, 5.41) is 0. The number of carbonyl (C=O) groups excluding carboxylic acids is 1. The third-order valence-electron chi connectivity index (χ3n) is 5.80. The van der Waals surface area contributed by atoms with E-state index in [1.54, 1.807) is 0 Å². The van der Waals surface area contributed by atoms with Crippen LogP contribution in [0.2, 0.25) is 0 Å². The molecule has 2 heterocycles. The van der Waals surface area contributed by atoms with Gasteiger partial charge in [0, 0.05) is 23.4 Å². The number of ether oxygens (including phenoxy) is 3. The maximum atomic E-state index is 11.9. The van der Waals surface area contributed by atoms with Crippen molar-refractivity contribution in [2.75, 3.05) is 39.6 Å². The van der Waals surface area contributed by atoms with Gasteiger partial charge in [-0.2, -0.15) is 0 Å². The van der Waals surface area contributed by atoms with Crippen LogP contribution in [-0.4, -0.2) is 67.4 Å². The van der Waals surface area contributed by atoms with Gasteiger partial charge in [-0.15, -0.1) is 0 Å². The summed E-state index contributed by atoms with van der Waals surface area (Å²) in [4.78, 5) is 14.5. The van der Waals surface area contributed by atoms with E-state index in [0.29, 0.717) is 32.3 Å². The average molecular weight is 384 g/mol. The van der Waals surface area contributed by atoms with Crippen molar-refractivity contribution < 1.29 is 19.0 Å². The molecule has 0 N–H and O–H groups in total. The van der Waals surface area contributed by atoms with Crippen molar-refractivity contribution in [3.05, 3.63) is 0 Å². The third-order valence-corrected chi connectivity index (χ3v) is 5.80. The van der Waals surface area contributed by atoms with Crippen molar-refractivity contribution in [2.24, 2.45) is 5.41 Å². The van der Waals surface area contributed by atoms with Crippen LogP contribution in [-0.2, 0) is 19.0 Å². The molecule has 158 valence electrons. The molecule has 2 aliphatic heterocycles. The molecule has 0 unspecified atom stereocenters. The fourth-order valence-corrected chi connectivity index (χ4v) is 4.12. The number of rotatable bonds is 10. The highest BCUT2D eigenvalue weighted by Crippen LogP contribution is 2.43. The molecule has 2 aliphatic rings. The smallest absolute Gasteiger partial charge is 0.140 e. The van der Waals surface area contributed by atoms with Gasteiger partial charge in [0.15, 0.2) is 0 Å². The largest absolute Gasteiger partial charge is 0.379 e. The number of Topliss-reactive ketones (excluding diaryl/α,β-unsaturated/α-hetero) is 1. The minimum atomic E-state index is -0.277. The second-order valence-corrected chi connectivity index (χ2v) is 10.2. The first kappa shape index (κ1) is 22.8. The molecule has 5 nitrogen and oxygen atoms in total. The van der Waals surface area contributed by atoms with Gasteiger partial charge in [-0.1, -0.05) is 20.8 Å². The molecule has 27 heavy (non-hydrogen) atoms. The fraction of sp³-hybridized carbons (Fsp3) is 0.955. The molecule has 0 saturated carbocycles. The van der Waals surface area contributed by atoms with Crippen LogP contribution >= 0.6 is 0 Å². The van der Waals surface area contributed by atoms with Crippen molar-refractivity contribution in [1.29, 1.82) is 0 Å². The van der Waals surface area contributed by atoms with Gasteiger partial charge in [-0.05, 0) is 53.0 Å². The van der Waals surface area contributed by atoms with Gasteiger partial charge in [0.25, 0.3) is 0 Å². The lowest BCUT2D eigenvalue weighted by Crippen LogP contribution is -2.48. The predicted molar refractivity (Wildman–Crippen MR) is 108 cm³/mol. The number of hydrogen-bond acceptors (Lipinski definition) is 5. The van der Waals surface area contributed by atoms with Gasteiger partial charge in [0.05, 0.1) is 38.6 Å². The molecule has 0 amide bonds. The Bertz CT molecular complexity index is 480. The maximum Gasteiger partial charge on any atom is 0.140 e. The van der Waals surface area contributed by atoms with E-state index in [-0.39, 0.29) is 22.3 Å². The number of ketones is 1. The summed E-state index contributed by atoms with van der Waals surface area (Å²) in [6.07, 6.45) is 5.38. The molecule has 0 aromatic rings. The molecular formula is C22H41NO4. The minimum Gasteiger partial charge on any atom is -0.379 e. The Balaban J connectivity index is 1.62. The highest BCUT2D eigenvalue weighted by atomic mass is 16.5. The van der Waals surface area contributed by atoms with Gasteiger partial charge < -0.3 is 14.2 Å². The van der Waals surface area contributed by atoms with Crippen LogP contribution in [0.15, 0.2) is 0 Å². The normalized spacial score (nSPS) is 26.5. The summed E-state index contributed by atoms with van der Waals surface area (Å²) in [6.45, 7) is 16.6. The van der Waals surface area contributed by atoms with Crippen molar-refractivity contribution in [1.82, 2.24) is 4.90 Å². The number of fused-ring (bicyclic) bond motifs is 1. The Morgan fingerprint density at radius 3 is 2.41 bits per heavy atom. The standard InChI is InChI=1S/C22H41NO4/c1-20(2,3)19(24)9-13-25-14-15-26-16-18-8-11-22(10-7-12-23(18)22)17-27-21(4,5)6/h18H,7-17H2,1-6H3/t18-,22-/m1/s1. The first-order valence-electron chi connectivity index (χ1n) is 10.6. The SMILES string of the molecule is CC(C)(C)OC[C@]12CCCN1[C@@H](COCCOCCC(=O)C(C)(C)C)CC2. The molecule has 0 spiro atoms. The van der Waals surface area contributed by atoms with E-state index in [1.807, 2.05) is 20.8 Å². The van der Waals surface area contributed by atoms with E-state index >= 15 is 0 Å². The quantitative estimate of drug-likeness (QED) is 0.537. The summed E-state index contributed by atoms with van der Waals surface area (Å²) in [6, 6.07) is 0.499. The first-order chi connectivity index (χ1) is 12.5. The predicted octanol–water partition coefficient (Wildman–Crippen LogP) is 3.84. The lowest BCUT2D eigenvalue weighted by Gasteiger charge is -2.37. The van der Waals surface area contributed by atoms with E-state index in [4.69, 9.17) is 14.2 Å². The van der Waals surface area contributed by atoms with Gasteiger partial charge in [0.1, 0.15) is 5.78 Å². The molecule has 2 atom stereocenters. The Morgan fingerprint density at radius 2 is 1.74 bits per heavy atom. The molecular weight excluding hydrogens is 342 g/mol. The second kappa shape index (κ2) is 9.34. The van der Waals surface area contributed by atoms with Crippen LogP contribution in [0.1, 0.15) is 73.6 Å². The summed E-state index contributed by atoms with van der Waals surface area (Å²) < 4.78 is 17.6. The van der Waals surface area contributed by atoms with Crippen molar-refractivity contribution >= 4 is 5.78 Å². The van der Waals surface area contributed by atoms with Gasteiger partial charge in [-0.25, -0.2) is 0 Å². The Kier molecular flexibility index (Phi) is 7.88. The molecule has 0 aliphatic carbocycles. The summed E-state index contributed by atoms with van der Waals surface area (Å²) in [5.41, 5.74) is -0.129. The molecule has 2 rings (SSSR count). The van der Waals surface area contributed by atoms with Crippen LogP contribution in [0.25, 0.3) is 0 Å². The number of hydrogen-bond donors (Lipinski definition) is 0. The number of nitrogens with zero attached hydrogens (tertiary/aromatic N) is 1. The zero-order valence-electron chi connectivity index (χ0n) is 18.4. The molecule has 0 bridgehead atoms. The van der Waals surface area contributed by atoms with Crippen molar-refractivity contribution in [3.63, 3.8) is 0 Å². The van der Waals surface area contributed by atoms with E-state index in [2.05, 4.69) is 25.7 Å². The Morgan fingerprint density at radius 1 is 1.04 bits per heavy atom. The molecule has 2 saturated heterocycles. The lowest BCUT2D eigenvalue weighted by molar-refractivity contribution is -0.127. The van der Waals surface area contributed by atoms with Gasteiger partial charge in [0.2, 0.25) is 0 Å². The number of carbonyl (C=O) groups is 1. The van der Waals surface area contributed by atoms with Crippen molar-refractivity contribution in [2.45, 2.75) is 90.8 Å². The summed E-state index contributed by atoms with van der Waals surface area (Å²) in [5.74, 6) is 0.247. The second-order valence-electron chi connectivity index (χ2n) is 10.2. The topological polar surface area (TPSA) is 48.0 Å². The Labute approximate surface area is 166 Å². The van der Waals surface area contributed by atoms with E-state index < -0.39 is 0 Å². The average Bonchev–Trinajstić information content (AvgIpc) is 3.10. The van der Waals surface area contributed by atoms with E-state index in [1.165, 1.54) is 25.7 Å². The molecule has 2 fully saturated rings. The zero-order valence-corrected chi connectivity index (χ0v) is 18.4. The van der Waals surface area contributed by atoms with Crippen LogP contribution in [0.4, 0.5) is 0 Å². The molecule has 0 aromatic carbocycles. The van der Waals surface area contributed by atoms with Crippen LogP contribution in [0.3, 0.4) is 0 Å². The summed E-state index contributed by atoms with van der Waals surface area (Å²) in [7, 11) is 0. The van der Waals surface area contributed by atoms with E-state index in [9.17, 15) is 4.79 Å². The summed E-state index contributed by atoms with van der Waals surface area (Å²) >= 11 is 0. The monoisotopic (exact) mass is 383 g/mol. The minimum absolute atomic E-state index is 0.0801. The third kappa shape index (κ3) is 6.81. The van der Waals surface area contributed by atoms with Crippen LogP contribution in [0.5, 0.6) is 0 Å². The van der Waals surface area contributed by atoms with E-state index in [0.717, 1.165) is 19.8 Å². The molecule has 0 aromatic heterocycles. The molecule has 5 heteroatoms. The maximum absolute atomic E-state index is 11.9. The highest BCUT2D eigenvalue weighted by Gasteiger charge is 2.49. The highest BCUT2D eigenvalue weighted by molar-refractivity contribution is 5.83. The lowest BCUT2D eigenvalue weighted by atomic mass is 9.89. The Hall–Kier alpha value is -0.490. The van der Waals surface area contributed by atoms with Crippen molar-refractivity contribution in [3.8, 4) is 0 Å². The molecule has 0 radical (unpaired) electrons. The van der Waals surface area contributed by atoms with Crippen LogP contribution in [0, 0.1) is 5.41 Å². The zero-order chi connectivity index (χ0) is 20.1. The first-order valence-corrected chi connectivity index (χ1v) is 10.6. The van der Waals surface area contributed by atoms with Crippen LogP contribution < -0.4 is 0 Å². The van der Waals surface area contributed by atoms with Gasteiger partial charge >= 0.3 is 0 Å². The fourth-order valence-electron chi connectivity index (χ4n) is 4.12.